The molecule has 1 aromatic heterocycles. The van der Waals surface area contributed by atoms with Crippen molar-refractivity contribution in [3.8, 4) is 0 Å². The molecule has 21 heavy (non-hydrogen) atoms. The van der Waals surface area contributed by atoms with Crippen LogP contribution in [0.5, 0.6) is 0 Å². The molecule has 2 N–H and O–H groups in total. The van der Waals surface area contributed by atoms with Gasteiger partial charge in [0.25, 0.3) is 0 Å². The maximum Gasteiger partial charge on any atom is 0.335 e. The van der Waals surface area contributed by atoms with Gasteiger partial charge in [-0.1, -0.05) is 11.6 Å². The van der Waals surface area contributed by atoms with Crippen molar-refractivity contribution in [1.82, 2.24) is 4.72 Å². The number of benzene rings is 1. The van der Waals surface area contributed by atoms with Gasteiger partial charge in [0.15, 0.2) is 0 Å². The fourth-order valence-electron chi connectivity index (χ4n) is 1.73. The summed E-state index contributed by atoms with van der Waals surface area (Å²) in [7, 11) is -3.98. The summed E-state index contributed by atoms with van der Waals surface area (Å²) in [6.45, 7) is 1.60. The first-order chi connectivity index (χ1) is 9.81. The Labute approximate surface area is 126 Å². The molecule has 112 valence electrons. The SMILES string of the molecule is CC(NS(=O)(=O)c1cc(C(=O)O)ccc1Cl)c1ccco1. The third-order valence-electron chi connectivity index (χ3n) is 2.77. The summed E-state index contributed by atoms with van der Waals surface area (Å²) < 4.78 is 32.1. The number of hydrogen-bond acceptors (Lipinski definition) is 4. The van der Waals surface area contributed by atoms with Crippen LogP contribution in [-0.2, 0) is 10.0 Å². The minimum Gasteiger partial charge on any atom is -0.478 e. The molecule has 0 radical (unpaired) electrons. The van der Waals surface area contributed by atoms with Gasteiger partial charge in [-0.3, -0.25) is 0 Å². The first kappa shape index (κ1) is 15.6. The predicted molar refractivity (Wildman–Crippen MR) is 75.9 cm³/mol. The molecule has 0 amide bonds. The van der Waals surface area contributed by atoms with Gasteiger partial charge in [0.05, 0.1) is 22.9 Å². The number of halogens is 1. The predicted octanol–water partition coefficient (Wildman–Crippen LogP) is 2.67. The second-order valence-electron chi connectivity index (χ2n) is 4.31. The molecule has 2 rings (SSSR count). The Bertz CT molecular complexity index is 755. The molecule has 0 spiro atoms. The van der Waals surface area contributed by atoms with Crippen LogP contribution >= 0.6 is 11.6 Å². The zero-order valence-corrected chi connectivity index (χ0v) is 12.5. The van der Waals surface area contributed by atoms with E-state index in [4.69, 9.17) is 21.1 Å². The largest absolute Gasteiger partial charge is 0.478 e. The molecular formula is C13H12ClNO5S. The van der Waals surface area contributed by atoms with Gasteiger partial charge in [-0.05, 0) is 37.3 Å². The number of sulfonamides is 1. The Hall–Kier alpha value is -1.83. The number of carbonyl (C=O) groups is 1. The molecule has 6 nitrogen and oxygen atoms in total. The van der Waals surface area contributed by atoms with E-state index in [0.717, 1.165) is 6.07 Å². The van der Waals surface area contributed by atoms with Crippen LogP contribution in [0, 0.1) is 0 Å². The van der Waals surface area contributed by atoms with Crippen molar-refractivity contribution in [3.63, 3.8) is 0 Å². The highest BCUT2D eigenvalue weighted by molar-refractivity contribution is 7.89. The van der Waals surface area contributed by atoms with E-state index in [9.17, 15) is 13.2 Å². The molecule has 1 aromatic carbocycles. The van der Waals surface area contributed by atoms with Crippen molar-refractivity contribution < 1.29 is 22.7 Å². The summed E-state index contributed by atoms with van der Waals surface area (Å²) in [5, 5.41) is 8.87. The lowest BCUT2D eigenvalue weighted by Gasteiger charge is -2.13. The molecule has 0 fully saturated rings. The summed E-state index contributed by atoms with van der Waals surface area (Å²) in [6, 6.07) is 6.13. The van der Waals surface area contributed by atoms with Crippen molar-refractivity contribution >= 4 is 27.6 Å². The molecule has 0 aliphatic heterocycles. The fourth-order valence-corrected chi connectivity index (χ4v) is 3.47. The summed E-state index contributed by atoms with van der Waals surface area (Å²) in [5.74, 6) is -0.800. The number of nitrogens with one attached hydrogen (secondary N) is 1. The van der Waals surface area contributed by atoms with Gasteiger partial charge >= 0.3 is 5.97 Å². The molecule has 0 bridgehead atoms. The van der Waals surface area contributed by atoms with Crippen LogP contribution in [0.2, 0.25) is 5.02 Å². The molecule has 0 saturated heterocycles. The third-order valence-corrected chi connectivity index (χ3v) is 4.79. The van der Waals surface area contributed by atoms with Crippen LogP contribution in [0.15, 0.2) is 45.9 Å². The lowest BCUT2D eigenvalue weighted by molar-refractivity contribution is 0.0696. The Morgan fingerprint density at radius 3 is 2.67 bits per heavy atom. The second-order valence-corrected chi connectivity index (χ2v) is 6.40. The summed E-state index contributed by atoms with van der Waals surface area (Å²) in [4.78, 5) is 10.6. The number of carboxylic acids is 1. The Morgan fingerprint density at radius 1 is 1.38 bits per heavy atom. The van der Waals surface area contributed by atoms with E-state index in [-0.39, 0.29) is 15.5 Å². The van der Waals surface area contributed by atoms with Crippen LogP contribution < -0.4 is 4.72 Å². The van der Waals surface area contributed by atoms with Crippen molar-refractivity contribution in [2.24, 2.45) is 0 Å². The highest BCUT2D eigenvalue weighted by Crippen LogP contribution is 2.25. The molecule has 0 saturated carbocycles. The smallest absolute Gasteiger partial charge is 0.335 e. The van der Waals surface area contributed by atoms with Crippen LogP contribution in [0.1, 0.15) is 29.1 Å². The lowest BCUT2D eigenvalue weighted by Crippen LogP contribution is -2.27. The fraction of sp³-hybridized carbons (Fsp3) is 0.154. The molecule has 1 unspecified atom stereocenters. The standard InChI is InChI=1S/C13H12ClNO5S/c1-8(11-3-2-6-20-11)15-21(18,19)12-7-9(13(16)17)4-5-10(12)14/h2-8,15H,1H3,(H,16,17). The van der Waals surface area contributed by atoms with E-state index in [2.05, 4.69) is 4.72 Å². The average molecular weight is 330 g/mol. The minimum atomic E-state index is -3.98. The molecule has 8 heteroatoms. The van der Waals surface area contributed by atoms with Crippen LogP contribution in [0.3, 0.4) is 0 Å². The topological polar surface area (TPSA) is 96.6 Å². The quantitative estimate of drug-likeness (QED) is 0.879. The number of carboxylic acid groups (broad SMARTS) is 1. The maximum atomic E-state index is 12.3. The first-order valence-corrected chi connectivity index (χ1v) is 7.76. The highest BCUT2D eigenvalue weighted by atomic mass is 35.5. The molecule has 0 aliphatic rings. The highest BCUT2D eigenvalue weighted by Gasteiger charge is 2.23. The Balaban J connectivity index is 2.35. The summed E-state index contributed by atoms with van der Waals surface area (Å²) in [6.07, 6.45) is 1.43. The van der Waals surface area contributed by atoms with E-state index in [1.165, 1.54) is 18.4 Å². The number of aromatic carboxylic acids is 1. The van der Waals surface area contributed by atoms with Crippen LogP contribution in [-0.4, -0.2) is 19.5 Å². The van der Waals surface area contributed by atoms with E-state index in [1.807, 2.05) is 0 Å². The van der Waals surface area contributed by atoms with Gasteiger partial charge in [-0.25, -0.2) is 17.9 Å². The van der Waals surface area contributed by atoms with E-state index in [1.54, 1.807) is 19.1 Å². The van der Waals surface area contributed by atoms with Crippen molar-refractivity contribution in [2.75, 3.05) is 0 Å². The average Bonchev–Trinajstić information content (AvgIpc) is 2.92. The van der Waals surface area contributed by atoms with Gasteiger partial charge in [-0.2, -0.15) is 0 Å². The van der Waals surface area contributed by atoms with Gasteiger partial charge in [0, 0.05) is 0 Å². The van der Waals surface area contributed by atoms with Gasteiger partial charge in [0.2, 0.25) is 10.0 Å². The summed E-state index contributed by atoms with van der Waals surface area (Å²) >= 11 is 5.86. The molecule has 1 atom stereocenters. The van der Waals surface area contributed by atoms with Crippen molar-refractivity contribution in [3.05, 3.63) is 52.9 Å². The molecule has 0 aliphatic carbocycles. The van der Waals surface area contributed by atoms with Gasteiger partial charge in [0.1, 0.15) is 10.7 Å². The number of rotatable bonds is 5. The van der Waals surface area contributed by atoms with E-state index < -0.39 is 22.0 Å². The zero-order chi connectivity index (χ0) is 15.6. The van der Waals surface area contributed by atoms with Crippen molar-refractivity contribution in [2.45, 2.75) is 17.9 Å². The molecular weight excluding hydrogens is 318 g/mol. The molecule has 2 aromatic rings. The molecule has 1 heterocycles. The van der Waals surface area contributed by atoms with E-state index in [0.29, 0.717) is 5.76 Å². The third kappa shape index (κ3) is 3.44. The Kier molecular flexibility index (Phi) is 4.36. The minimum absolute atomic E-state index is 0.0563. The summed E-state index contributed by atoms with van der Waals surface area (Å²) in [5.41, 5.74) is -0.162. The van der Waals surface area contributed by atoms with Crippen molar-refractivity contribution in [1.29, 1.82) is 0 Å². The van der Waals surface area contributed by atoms with E-state index >= 15 is 0 Å². The van der Waals surface area contributed by atoms with Gasteiger partial charge in [-0.15, -0.1) is 0 Å². The Morgan fingerprint density at radius 2 is 2.10 bits per heavy atom. The number of furan rings is 1. The van der Waals surface area contributed by atoms with Crippen LogP contribution in [0.4, 0.5) is 0 Å². The van der Waals surface area contributed by atoms with Gasteiger partial charge < -0.3 is 9.52 Å². The lowest BCUT2D eigenvalue weighted by atomic mass is 10.2. The maximum absolute atomic E-state index is 12.3. The monoisotopic (exact) mass is 329 g/mol. The first-order valence-electron chi connectivity index (χ1n) is 5.90. The zero-order valence-electron chi connectivity index (χ0n) is 10.9. The van der Waals surface area contributed by atoms with Crippen LogP contribution in [0.25, 0.3) is 0 Å². The second kappa shape index (κ2) is 5.88. The number of hydrogen-bond donors (Lipinski definition) is 2. The normalized spacial score (nSPS) is 13.0.